The minimum atomic E-state index is 0.00366. The third kappa shape index (κ3) is 2.97. The van der Waals surface area contributed by atoms with Crippen molar-refractivity contribution in [3.8, 4) is 0 Å². The fourth-order valence-corrected chi connectivity index (χ4v) is 1.91. The van der Waals surface area contributed by atoms with Gasteiger partial charge in [0.1, 0.15) is 0 Å². The van der Waals surface area contributed by atoms with Gasteiger partial charge >= 0.3 is 0 Å². The molecule has 2 unspecified atom stereocenters. The molecule has 0 aliphatic carbocycles. The van der Waals surface area contributed by atoms with E-state index in [1.807, 2.05) is 43.9 Å². The lowest BCUT2D eigenvalue weighted by Crippen LogP contribution is -2.44. The summed E-state index contributed by atoms with van der Waals surface area (Å²) in [6, 6.07) is 8.11. The van der Waals surface area contributed by atoms with Crippen LogP contribution in [-0.2, 0) is 0 Å². The molecular formula is C13H21NO2. The molecule has 1 aromatic rings. The Morgan fingerprint density at radius 3 is 2.12 bits per heavy atom. The Bertz CT molecular complexity index is 317. The van der Waals surface area contributed by atoms with Crippen LogP contribution in [0, 0.1) is 6.92 Å². The van der Waals surface area contributed by atoms with Crippen LogP contribution in [0.3, 0.4) is 0 Å². The molecule has 2 atom stereocenters. The zero-order chi connectivity index (χ0) is 12.1. The first-order valence-corrected chi connectivity index (χ1v) is 5.67. The van der Waals surface area contributed by atoms with E-state index in [4.69, 9.17) is 0 Å². The van der Waals surface area contributed by atoms with Crippen LogP contribution >= 0.6 is 0 Å². The molecule has 2 N–H and O–H groups in total. The van der Waals surface area contributed by atoms with Crippen molar-refractivity contribution in [3.05, 3.63) is 29.8 Å². The number of aliphatic hydroxyl groups is 2. The number of anilines is 1. The van der Waals surface area contributed by atoms with Gasteiger partial charge in [-0.15, -0.1) is 0 Å². The number of hydrogen-bond acceptors (Lipinski definition) is 3. The third-order valence-electron chi connectivity index (χ3n) is 2.78. The van der Waals surface area contributed by atoms with Crippen LogP contribution in [0.25, 0.3) is 0 Å². The third-order valence-corrected chi connectivity index (χ3v) is 2.78. The Morgan fingerprint density at radius 2 is 1.69 bits per heavy atom. The molecule has 0 aromatic heterocycles. The van der Waals surface area contributed by atoms with Crippen LogP contribution in [0.2, 0.25) is 0 Å². The SMILES string of the molecule is Cc1cccc(N(C(C)CO)C(C)CO)c1. The summed E-state index contributed by atoms with van der Waals surface area (Å²) in [6.45, 7) is 6.11. The van der Waals surface area contributed by atoms with E-state index in [9.17, 15) is 10.2 Å². The molecular weight excluding hydrogens is 202 g/mol. The number of aryl methyl sites for hydroxylation is 1. The molecule has 0 saturated heterocycles. The van der Waals surface area contributed by atoms with Gasteiger partial charge in [0.2, 0.25) is 0 Å². The molecule has 3 nitrogen and oxygen atoms in total. The van der Waals surface area contributed by atoms with Gasteiger partial charge in [-0.05, 0) is 38.5 Å². The van der Waals surface area contributed by atoms with Gasteiger partial charge in [-0.2, -0.15) is 0 Å². The van der Waals surface area contributed by atoms with Gasteiger partial charge in [0.15, 0.2) is 0 Å². The summed E-state index contributed by atoms with van der Waals surface area (Å²) in [5, 5.41) is 18.5. The fourth-order valence-electron chi connectivity index (χ4n) is 1.91. The fraction of sp³-hybridized carbons (Fsp3) is 0.538. The Labute approximate surface area is 97.3 Å². The molecule has 1 rings (SSSR count). The number of aliphatic hydroxyl groups excluding tert-OH is 2. The molecule has 3 heteroatoms. The first kappa shape index (κ1) is 13.0. The van der Waals surface area contributed by atoms with Gasteiger partial charge in [0.05, 0.1) is 13.2 Å². The lowest BCUT2D eigenvalue weighted by atomic mass is 10.1. The van der Waals surface area contributed by atoms with Crippen molar-refractivity contribution in [3.63, 3.8) is 0 Å². The molecule has 90 valence electrons. The molecule has 0 spiro atoms. The maximum atomic E-state index is 9.26. The van der Waals surface area contributed by atoms with Crippen molar-refractivity contribution in [2.45, 2.75) is 32.9 Å². The molecule has 0 radical (unpaired) electrons. The second-order valence-electron chi connectivity index (χ2n) is 4.31. The Balaban J connectivity index is 3.00. The van der Waals surface area contributed by atoms with Crippen molar-refractivity contribution in [2.75, 3.05) is 18.1 Å². The van der Waals surface area contributed by atoms with E-state index in [0.717, 1.165) is 5.69 Å². The van der Waals surface area contributed by atoms with Gasteiger partial charge in [0, 0.05) is 17.8 Å². The van der Waals surface area contributed by atoms with E-state index in [2.05, 4.69) is 6.07 Å². The van der Waals surface area contributed by atoms with E-state index in [0.29, 0.717) is 0 Å². The monoisotopic (exact) mass is 223 g/mol. The van der Waals surface area contributed by atoms with Gasteiger partial charge in [0.25, 0.3) is 0 Å². The van der Waals surface area contributed by atoms with E-state index >= 15 is 0 Å². The first-order chi connectivity index (χ1) is 7.60. The number of hydrogen-bond donors (Lipinski definition) is 2. The summed E-state index contributed by atoms with van der Waals surface area (Å²) in [7, 11) is 0. The van der Waals surface area contributed by atoms with Crippen LogP contribution in [0.15, 0.2) is 24.3 Å². The Morgan fingerprint density at radius 1 is 1.12 bits per heavy atom. The van der Waals surface area contributed by atoms with Crippen LogP contribution in [0.5, 0.6) is 0 Å². The molecule has 0 saturated carbocycles. The van der Waals surface area contributed by atoms with E-state index in [1.54, 1.807) is 0 Å². The molecule has 0 aliphatic rings. The average Bonchev–Trinajstić information content (AvgIpc) is 2.29. The van der Waals surface area contributed by atoms with E-state index in [1.165, 1.54) is 5.56 Å². The van der Waals surface area contributed by atoms with Crippen molar-refractivity contribution in [1.82, 2.24) is 0 Å². The van der Waals surface area contributed by atoms with Crippen LogP contribution < -0.4 is 4.90 Å². The zero-order valence-electron chi connectivity index (χ0n) is 10.2. The second kappa shape index (κ2) is 5.87. The first-order valence-electron chi connectivity index (χ1n) is 5.67. The lowest BCUT2D eigenvalue weighted by Gasteiger charge is -2.35. The summed E-state index contributed by atoms with van der Waals surface area (Å²) in [6.07, 6.45) is 0. The van der Waals surface area contributed by atoms with Crippen LogP contribution in [0.4, 0.5) is 5.69 Å². The molecule has 0 fully saturated rings. The van der Waals surface area contributed by atoms with Crippen molar-refractivity contribution >= 4 is 5.69 Å². The smallest absolute Gasteiger partial charge is 0.0632 e. The number of benzene rings is 1. The predicted octanol–water partition coefficient (Wildman–Crippen LogP) is 1.56. The zero-order valence-corrected chi connectivity index (χ0v) is 10.2. The molecule has 1 aromatic carbocycles. The van der Waals surface area contributed by atoms with Gasteiger partial charge in [-0.1, -0.05) is 12.1 Å². The second-order valence-corrected chi connectivity index (χ2v) is 4.31. The maximum absolute atomic E-state index is 9.26. The summed E-state index contributed by atoms with van der Waals surface area (Å²) >= 11 is 0. The standard InChI is InChI=1S/C13H21NO2/c1-10-5-4-6-13(7-10)14(11(2)8-15)12(3)9-16/h4-7,11-12,15-16H,8-9H2,1-3H3. The van der Waals surface area contributed by atoms with E-state index < -0.39 is 0 Å². The van der Waals surface area contributed by atoms with E-state index in [-0.39, 0.29) is 25.3 Å². The highest BCUT2D eigenvalue weighted by molar-refractivity contribution is 5.50. The largest absolute Gasteiger partial charge is 0.394 e. The highest BCUT2D eigenvalue weighted by Gasteiger charge is 2.19. The minimum absolute atomic E-state index is 0.00366. The molecule has 0 bridgehead atoms. The number of rotatable bonds is 5. The van der Waals surface area contributed by atoms with Gasteiger partial charge in [-0.25, -0.2) is 0 Å². The van der Waals surface area contributed by atoms with Crippen LogP contribution in [-0.4, -0.2) is 35.5 Å². The summed E-state index contributed by atoms with van der Waals surface area (Å²) in [5.74, 6) is 0. The highest BCUT2D eigenvalue weighted by atomic mass is 16.3. The van der Waals surface area contributed by atoms with Gasteiger partial charge in [-0.3, -0.25) is 0 Å². The van der Waals surface area contributed by atoms with Gasteiger partial charge < -0.3 is 15.1 Å². The predicted molar refractivity (Wildman–Crippen MR) is 66.8 cm³/mol. The summed E-state index contributed by atoms with van der Waals surface area (Å²) in [5.41, 5.74) is 2.22. The topological polar surface area (TPSA) is 43.7 Å². The summed E-state index contributed by atoms with van der Waals surface area (Å²) in [4.78, 5) is 2.05. The minimum Gasteiger partial charge on any atom is -0.394 e. The van der Waals surface area contributed by atoms with Crippen LogP contribution in [0.1, 0.15) is 19.4 Å². The molecule has 16 heavy (non-hydrogen) atoms. The maximum Gasteiger partial charge on any atom is 0.0632 e. The quantitative estimate of drug-likeness (QED) is 0.796. The molecule has 0 heterocycles. The van der Waals surface area contributed by atoms with Crippen molar-refractivity contribution in [2.24, 2.45) is 0 Å². The molecule has 0 amide bonds. The lowest BCUT2D eigenvalue weighted by molar-refractivity contribution is 0.230. The summed E-state index contributed by atoms with van der Waals surface area (Å²) < 4.78 is 0. The number of nitrogens with zero attached hydrogens (tertiary/aromatic N) is 1. The normalized spacial score (nSPS) is 14.6. The van der Waals surface area contributed by atoms with Crippen molar-refractivity contribution < 1.29 is 10.2 Å². The van der Waals surface area contributed by atoms with Crippen molar-refractivity contribution in [1.29, 1.82) is 0 Å². The highest BCUT2D eigenvalue weighted by Crippen LogP contribution is 2.21. The molecule has 0 aliphatic heterocycles. The average molecular weight is 223 g/mol. The Hall–Kier alpha value is -1.06. The Kier molecular flexibility index (Phi) is 4.77.